The van der Waals surface area contributed by atoms with Crippen LogP contribution < -0.4 is 10.3 Å². The van der Waals surface area contributed by atoms with E-state index < -0.39 is 0 Å². The highest BCUT2D eigenvalue weighted by Gasteiger charge is 2.02. The fourth-order valence-electron chi connectivity index (χ4n) is 2.11. The van der Waals surface area contributed by atoms with Crippen LogP contribution in [0.3, 0.4) is 0 Å². The summed E-state index contributed by atoms with van der Waals surface area (Å²) in [6.07, 6.45) is 1.86. The second-order valence-corrected chi connectivity index (χ2v) is 4.31. The molecule has 0 fully saturated rings. The van der Waals surface area contributed by atoms with Crippen molar-refractivity contribution in [3.05, 3.63) is 71.1 Å². The Labute approximate surface area is 110 Å². The maximum Gasteiger partial charge on any atom is 0.255 e. The highest BCUT2D eigenvalue weighted by atomic mass is 16.5. The summed E-state index contributed by atoms with van der Waals surface area (Å²) in [5.41, 5.74) is 0.792. The maximum absolute atomic E-state index is 12.1. The topological polar surface area (TPSA) is 31.2 Å². The van der Waals surface area contributed by atoms with Crippen molar-refractivity contribution in [2.75, 3.05) is 7.11 Å². The molecule has 3 rings (SSSR count). The van der Waals surface area contributed by atoms with E-state index in [-0.39, 0.29) is 5.56 Å². The first kappa shape index (κ1) is 11.5. The van der Waals surface area contributed by atoms with Crippen LogP contribution in [-0.2, 0) is 0 Å². The number of rotatable bonds is 2. The summed E-state index contributed by atoms with van der Waals surface area (Å²) in [4.78, 5) is 12.1. The summed E-state index contributed by atoms with van der Waals surface area (Å²) in [6.45, 7) is 0. The molecule has 0 saturated heterocycles. The number of methoxy groups -OCH3 is 1. The Kier molecular flexibility index (Phi) is 2.80. The van der Waals surface area contributed by atoms with Crippen LogP contribution in [0.4, 0.5) is 0 Å². The van der Waals surface area contributed by atoms with Crippen LogP contribution in [0.25, 0.3) is 16.5 Å². The number of ether oxygens (including phenoxy) is 1. The predicted octanol–water partition coefficient (Wildman–Crippen LogP) is 3.00. The first-order valence-electron chi connectivity index (χ1n) is 6.04. The molecule has 0 aliphatic rings. The first-order valence-corrected chi connectivity index (χ1v) is 6.04. The summed E-state index contributed by atoms with van der Waals surface area (Å²) >= 11 is 0. The van der Waals surface area contributed by atoms with E-state index in [2.05, 4.69) is 0 Å². The molecule has 19 heavy (non-hydrogen) atoms. The number of aromatic nitrogens is 1. The van der Waals surface area contributed by atoms with Crippen molar-refractivity contribution in [1.82, 2.24) is 4.57 Å². The quantitative estimate of drug-likeness (QED) is 0.701. The average Bonchev–Trinajstić information content (AvgIpc) is 2.47. The Morgan fingerprint density at radius 3 is 2.32 bits per heavy atom. The fourth-order valence-corrected chi connectivity index (χ4v) is 2.11. The largest absolute Gasteiger partial charge is 0.497 e. The van der Waals surface area contributed by atoms with Crippen molar-refractivity contribution in [2.24, 2.45) is 0 Å². The van der Waals surface area contributed by atoms with Crippen LogP contribution in [0.1, 0.15) is 0 Å². The molecule has 1 aromatic heterocycles. The van der Waals surface area contributed by atoms with Gasteiger partial charge < -0.3 is 4.74 Å². The summed E-state index contributed by atoms with van der Waals surface area (Å²) in [6, 6.07) is 16.9. The standard InChI is InChI=1S/C16H13NO2/c1-19-15-8-6-14(7-9-15)17-11-13-5-3-2-4-12(13)10-16(17)18/h2-11H,1H3. The van der Waals surface area contributed by atoms with Crippen LogP contribution in [0, 0.1) is 0 Å². The Bertz CT molecular complexity index is 773. The molecule has 0 bridgehead atoms. The smallest absolute Gasteiger partial charge is 0.255 e. The van der Waals surface area contributed by atoms with E-state index in [0.717, 1.165) is 22.2 Å². The SMILES string of the molecule is COc1ccc(-n2cc3ccccc3cc2=O)cc1. The van der Waals surface area contributed by atoms with Gasteiger partial charge in [-0.15, -0.1) is 0 Å². The third-order valence-electron chi connectivity index (χ3n) is 3.13. The van der Waals surface area contributed by atoms with Gasteiger partial charge in [-0.1, -0.05) is 24.3 Å². The zero-order valence-corrected chi connectivity index (χ0v) is 10.5. The molecule has 3 heteroatoms. The Morgan fingerprint density at radius 1 is 0.947 bits per heavy atom. The van der Waals surface area contributed by atoms with Crippen molar-refractivity contribution in [3.63, 3.8) is 0 Å². The summed E-state index contributed by atoms with van der Waals surface area (Å²) in [5, 5.41) is 2.00. The number of nitrogens with zero attached hydrogens (tertiary/aromatic N) is 1. The molecule has 0 unspecified atom stereocenters. The highest BCUT2D eigenvalue weighted by molar-refractivity contribution is 5.81. The number of hydrogen-bond acceptors (Lipinski definition) is 2. The third-order valence-corrected chi connectivity index (χ3v) is 3.13. The lowest BCUT2D eigenvalue weighted by Gasteiger charge is -2.08. The summed E-state index contributed by atoms with van der Waals surface area (Å²) in [7, 11) is 1.62. The zero-order valence-electron chi connectivity index (χ0n) is 10.5. The lowest BCUT2D eigenvalue weighted by Crippen LogP contribution is -2.16. The predicted molar refractivity (Wildman–Crippen MR) is 76.1 cm³/mol. The van der Waals surface area contributed by atoms with Crippen molar-refractivity contribution in [2.45, 2.75) is 0 Å². The van der Waals surface area contributed by atoms with Gasteiger partial charge in [0.15, 0.2) is 0 Å². The van der Waals surface area contributed by atoms with Gasteiger partial charge in [-0.2, -0.15) is 0 Å². The summed E-state index contributed by atoms with van der Waals surface area (Å²) < 4.78 is 6.76. The van der Waals surface area contributed by atoms with Gasteiger partial charge >= 0.3 is 0 Å². The molecule has 0 N–H and O–H groups in total. The second-order valence-electron chi connectivity index (χ2n) is 4.31. The van der Waals surface area contributed by atoms with Gasteiger partial charge in [-0.25, -0.2) is 0 Å². The van der Waals surface area contributed by atoms with Gasteiger partial charge in [0.1, 0.15) is 5.75 Å². The number of hydrogen-bond donors (Lipinski definition) is 0. The molecular formula is C16H13NO2. The van der Waals surface area contributed by atoms with Crippen molar-refractivity contribution >= 4 is 10.8 Å². The molecule has 0 saturated carbocycles. The van der Waals surface area contributed by atoms with Crippen LogP contribution >= 0.6 is 0 Å². The average molecular weight is 251 g/mol. The van der Waals surface area contributed by atoms with Crippen molar-refractivity contribution in [1.29, 1.82) is 0 Å². The van der Waals surface area contributed by atoms with Crippen LogP contribution in [-0.4, -0.2) is 11.7 Å². The van der Waals surface area contributed by atoms with Crippen LogP contribution in [0.15, 0.2) is 65.6 Å². The zero-order chi connectivity index (χ0) is 13.2. The van der Waals surface area contributed by atoms with Gasteiger partial charge in [0.05, 0.1) is 7.11 Å². The molecule has 0 spiro atoms. The van der Waals surface area contributed by atoms with Crippen LogP contribution in [0.5, 0.6) is 5.75 Å². The monoisotopic (exact) mass is 251 g/mol. The normalized spacial score (nSPS) is 10.6. The maximum atomic E-state index is 12.1. The van der Waals surface area contributed by atoms with E-state index in [9.17, 15) is 4.79 Å². The molecule has 0 radical (unpaired) electrons. The first-order chi connectivity index (χ1) is 9.28. The van der Waals surface area contributed by atoms with E-state index >= 15 is 0 Å². The van der Waals surface area contributed by atoms with E-state index in [1.54, 1.807) is 17.7 Å². The molecule has 0 atom stereocenters. The number of fused-ring (bicyclic) bond motifs is 1. The Morgan fingerprint density at radius 2 is 1.63 bits per heavy atom. The minimum atomic E-state index is -0.0381. The second kappa shape index (κ2) is 4.61. The van der Waals surface area contributed by atoms with Gasteiger partial charge in [0.25, 0.3) is 5.56 Å². The molecule has 0 aliphatic carbocycles. The van der Waals surface area contributed by atoms with Crippen molar-refractivity contribution in [3.8, 4) is 11.4 Å². The lowest BCUT2D eigenvalue weighted by atomic mass is 10.2. The molecule has 0 aliphatic heterocycles. The Hall–Kier alpha value is -2.55. The van der Waals surface area contributed by atoms with Gasteiger partial charge in [0.2, 0.25) is 0 Å². The lowest BCUT2D eigenvalue weighted by molar-refractivity contribution is 0.414. The molecule has 2 aromatic carbocycles. The van der Waals surface area contributed by atoms with Crippen molar-refractivity contribution < 1.29 is 4.74 Å². The molecule has 94 valence electrons. The summed E-state index contributed by atoms with van der Waals surface area (Å²) in [5.74, 6) is 0.776. The highest BCUT2D eigenvalue weighted by Crippen LogP contribution is 2.16. The van der Waals surface area contributed by atoms with Crippen LogP contribution in [0.2, 0.25) is 0 Å². The van der Waals surface area contributed by atoms with Gasteiger partial charge in [-0.3, -0.25) is 9.36 Å². The molecule has 3 nitrogen and oxygen atoms in total. The Balaban J connectivity index is 2.18. The third kappa shape index (κ3) is 2.10. The minimum Gasteiger partial charge on any atom is -0.497 e. The number of benzene rings is 2. The van der Waals surface area contributed by atoms with E-state index in [1.807, 2.05) is 54.7 Å². The minimum absolute atomic E-state index is 0.0381. The van der Waals surface area contributed by atoms with Gasteiger partial charge in [0, 0.05) is 18.0 Å². The van der Waals surface area contributed by atoms with Gasteiger partial charge in [-0.05, 0) is 35.0 Å². The van der Waals surface area contributed by atoms with E-state index in [4.69, 9.17) is 4.74 Å². The molecular weight excluding hydrogens is 238 g/mol. The van der Waals surface area contributed by atoms with E-state index in [1.165, 1.54) is 0 Å². The molecule has 0 amide bonds. The molecule has 3 aromatic rings. The molecule has 1 heterocycles. The van der Waals surface area contributed by atoms with E-state index in [0.29, 0.717) is 0 Å². The fraction of sp³-hybridized carbons (Fsp3) is 0.0625. The number of pyridine rings is 1.